The van der Waals surface area contributed by atoms with Gasteiger partial charge in [0.1, 0.15) is 18.2 Å². The van der Waals surface area contributed by atoms with E-state index in [1.54, 1.807) is 22.0 Å². The van der Waals surface area contributed by atoms with Gasteiger partial charge in [-0.1, -0.05) is 29.8 Å². The number of likely N-dealkylation sites (tertiary alicyclic amines) is 1. The van der Waals surface area contributed by atoms with E-state index in [1.165, 1.54) is 5.56 Å². The van der Waals surface area contributed by atoms with E-state index in [2.05, 4.69) is 36.3 Å². The summed E-state index contributed by atoms with van der Waals surface area (Å²) in [6.45, 7) is 6.16. The van der Waals surface area contributed by atoms with Crippen molar-refractivity contribution in [1.82, 2.24) is 24.6 Å². The molecular formula is C25H28N6O2. The zero-order valence-corrected chi connectivity index (χ0v) is 19.1. The van der Waals surface area contributed by atoms with Crippen molar-refractivity contribution in [3.8, 4) is 0 Å². The molecule has 0 aliphatic carbocycles. The summed E-state index contributed by atoms with van der Waals surface area (Å²) in [4.78, 5) is 38.7. The summed E-state index contributed by atoms with van der Waals surface area (Å²) in [5, 5.41) is 4.12. The molecule has 0 atom stereocenters. The van der Waals surface area contributed by atoms with E-state index in [0.29, 0.717) is 26.1 Å². The van der Waals surface area contributed by atoms with Crippen LogP contribution in [0.15, 0.2) is 42.7 Å². The van der Waals surface area contributed by atoms with Gasteiger partial charge in [-0.2, -0.15) is 5.10 Å². The molecule has 0 bridgehead atoms. The van der Waals surface area contributed by atoms with E-state index in [1.807, 2.05) is 17.9 Å². The van der Waals surface area contributed by atoms with Gasteiger partial charge in [0, 0.05) is 42.7 Å². The van der Waals surface area contributed by atoms with Gasteiger partial charge in [-0.3, -0.25) is 19.2 Å². The molecule has 3 aromatic rings. The van der Waals surface area contributed by atoms with Crippen molar-refractivity contribution >= 4 is 17.6 Å². The zero-order valence-electron chi connectivity index (χ0n) is 19.1. The summed E-state index contributed by atoms with van der Waals surface area (Å²) >= 11 is 0. The van der Waals surface area contributed by atoms with Crippen molar-refractivity contribution in [3.63, 3.8) is 0 Å². The SMILES string of the molecule is Cc1ccc(CN2C(=O)Cc3c(C)nc(C4CCN(C(=O)Cn5cccn5)CC4)nc32)cc1. The van der Waals surface area contributed by atoms with Crippen molar-refractivity contribution in [2.45, 2.75) is 52.1 Å². The number of benzene rings is 1. The van der Waals surface area contributed by atoms with Crippen molar-refractivity contribution in [1.29, 1.82) is 0 Å². The number of hydrogen-bond acceptors (Lipinski definition) is 5. The molecule has 0 N–H and O–H groups in total. The minimum absolute atomic E-state index is 0.0687. The zero-order chi connectivity index (χ0) is 22.9. The van der Waals surface area contributed by atoms with Crippen LogP contribution < -0.4 is 4.90 Å². The summed E-state index contributed by atoms with van der Waals surface area (Å²) in [5.74, 6) is 1.87. The molecule has 8 nitrogen and oxygen atoms in total. The summed E-state index contributed by atoms with van der Waals surface area (Å²) in [5.41, 5.74) is 4.10. The number of aromatic nitrogens is 4. The molecule has 170 valence electrons. The minimum atomic E-state index is 0.0687. The van der Waals surface area contributed by atoms with Crippen LogP contribution in [0.1, 0.15) is 47.0 Å². The summed E-state index contributed by atoms with van der Waals surface area (Å²) in [6, 6.07) is 10.1. The second kappa shape index (κ2) is 8.77. The standard InChI is InChI=1S/C25H28N6O2/c1-17-4-6-19(7-5-17)15-31-22(32)14-21-18(2)27-24(28-25(21)31)20-8-12-29(13-9-20)23(33)16-30-11-3-10-26-30/h3-7,10-11,20H,8-9,12-16H2,1-2H3. The Morgan fingerprint density at radius 2 is 1.85 bits per heavy atom. The third-order valence-electron chi connectivity index (χ3n) is 6.62. The highest BCUT2D eigenvalue weighted by Crippen LogP contribution is 2.34. The molecule has 0 spiro atoms. The Morgan fingerprint density at radius 3 is 2.55 bits per heavy atom. The fourth-order valence-electron chi connectivity index (χ4n) is 4.64. The van der Waals surface area contributed by atoms with Gasteiger partial charge in [0.25, 0.3) is 0 Å². The van der Waals surface area contributed by atoms with Crippen molar-refractivity contribution < 1.29 is 9.59 Å². The van der Waals surface area contributed by atoms with Crippen molar-refractivity contribution in [2.24, 2.45) is 0 Å². The number of nitrogens with zero attached hydrogens (tertiary/aromatic N) is 6. The van der Waals surface area contributed by atoms with Gasteiger partial charge in [-0.25, -0.2) is 9.97 Å². The molecule has 4 heterocycles. The lowest BCUT2D eigenvalue weighted by molar-refractivity contribution is -0.133. The van der Waals surface area contributed by atoms with Crippen molar-refractivity contribution in [3.05, 3.63) is 70.9 Å². The predicted octanol–water partition coefficient (Wildman–Crippen LogP) is 2.79. The molecule has 0 radical (unpaired) electrons. The number of amides is 2. The quantitative estimate of drug-likeness (QED) is 0.604. The van der Waals surface area contributed by atoms with Crippen LogP contribution in [0.5, 0.6) is 0 Å². The van der Waals surface area contributed by atoms with Crippen LogP contribution in [0.2, 0.25) is 0 Å². The van der Waals surface area contributed by atoms with Crippen LogP contribution in [0.4, 0.5) is 5.82 Å². The first-order chi connectivity index (χ1) is 16.0. The number of fused-ring (bicyclic) bond motifs is 1. The Bertz CT molecular complexity index is 1160. The number of hydrogen-bond donors (Lipinski definition) is 0. The topological polar surface area (TPSA) is 84.2 Å². The maximum atomic E-state index is 12.8. The smallest absolute Gasteiger partial charge is 0.244 e. The molecular weight excluding hydrogens is 416 g/mol. The lowest BCUT2D eigenvalue weighted by atomic mass is 9.95. The summed E-state index contributed by atoms with van der Waals surface area (Å²) in [6.07, 6.45) is 5.47. The van der Waals surface area contributed by atoms with E-state index in [4.69, 9.17) is 9.97 Å². The number of carbonyl (C=O) groups is 2. The minimum Gasteiger partial charge on any atom is -0.341 e. The molecule has 2 aromatic heterocycles. The first kappa shape index (κ1) is 21.3. The molecule has 0 saturated carbocycles. The number of rotatable bonds is 5. The first-order valence-corrected chi connectivity index (χ1v) is 11.5. The lowest BCUT2D eigenvalue weighted by Crippen LogP contribution is -2.40. The Morgan fingerprint density at radius 1 is 1.09 bits per heavy atom. The molecule has 33 heavy (non-hydrogen) atoms. The largest absolute Gasteiger partial charge is 0.341 e. The molecule has 2 amide bonds. The molecule has 1 fully saturated rings. The van der Waals surface area contributed by atoms with Crippen LogP contribution in [-0.2, 0) is 29.1 Å². The van der Waals surface area contributed by atoms with Crippen LogP contribution in [0.25, 0.3) is 0 Å². The third kappa shape index (κ3) is 4.37. The Labute approximate surface area is 193 Å². The Kier molecular flexibility index (Phi) is 5.66. The molecule has 0 unspecified atom stereocenters. The molecule has 5 rings (SSSR count). The number of aryl methyl sites for hydroxylation is 2. The van der Waals surface area contributed by atoms with E-state index in [9.17, 15) is 9.59 Å². The second-order valence-electron chi connectivity index (χ2n) is 8.97. The monoisotopic (exact) mass is 444 g/mol. The first-order valence-electron chi connectivity index (χ1n) is 11.5. The van der Waals surface area contributed by atoms with Crippen LogP contribution in [0.3, 0.4) is 0 Å². The van der Waals surface area contributed by atoms with Crippen molar-refractivity contribution in [2.75, 3.05) is 18.0 Å². The number of piperidine rings is 1. The summed E-state index contributed by atoms with van der Waals surface area (Å²) in [7, 11) is 0. The van der Waals surface area contributed by atoms with Crippen LogP contribution >= 0.6 is 0 Å². The normalized spacial score (nSPS) is 16.4. The highest BCUT2D eigenvalue weighted by Gasteiger charge is 2.33. The molecule has 1 aromatic carbocycles. The molecule has 1 saturated heterocycles. The number of anilines is 1. The van der Waals surface area contributed by atoms with Gasteiger partial charge in [0.2, 0.25) is 11.8 Å². The average Bonchev–Trinajstić information content (AvgIpc) is 3.44. The fourth-order valence-corrected chi connectivity index (χ4v) is 4.64. The van der Waals surface area contributed by atoms with Gasteiger partial charge in [-0.15, -0.1) is 0 Å². The van der Waals surface area contributed by atoms with Crippen LogP contribution in [-0.4, -0.2) is 49.6 Å². The molecule has 2 aliphatic heterocycles. The lowest BCUT2D eigenvalue weighted by Gasteiger charge is -2.31. The van der Waals surface area contributed by atoms with E-state index in [-0.39, 0.29) is 24.3 Å². The van der Waals surface area contributed by atoms with E-state index in [0.717, 1.165) is 41.3 Å². The van der Waals surface area contributed by atoms with E-state index < -0.39 is 0 Å². The van der Waals surface area contributed by atoms with E-state index >= 15 is 0 Å². The van der Waals surface area contributed by atoms with Gasteiger partial charge in [-0.05, 0) is 38.3 Å². The molecule has 8 heteroatoms. The van der Waals surface area contributed by atoms with Gasteiger partial charge >= 0.3 is 0 Å². The predicted molar refractivity (Wildman–Crippen MR) is 124 cm³/mol. The maximum absolute atomic E-state index is 12.8. The maximum Gasteiger partial charge on any atom is 0.244 e. The molecule has 2 aliphatic rings. The van der Waals surface area contributed by atoms with Gasteiger partial charge in [0.05, 0.1) is 13.0 Å². The summed E-state index contributed by atoms with van der Waals surface area (Å²) < 4.78 is 1.65. The Hall–Kier alpha value is -3.55. The van der Waals surface area contributed by atoms with Crippen LogP contribution in [0, 0.1) is 13.8 Å². The fraction of sp³-hybridized carbons (Fsp3) is 0.400. The Balaban J connectivity index is 1.30. The number of carbonyl (C=O) groups excluding carboxylic acids is 2. The highest BCUT2D eigenvalue weighted by molar-refractivity contribution is 6.00. The highest BCUT2D eigenvalue weighted by atomic mass is 16.2. The van der Waals surface area contributed by atoms with Gasteiger partial charge in [0.15, 0.2) is 0 Å². The second-order valence-corrected chi connectivity index (χ2v) is 8.97. The van der Waals surface area contributed by atoms with Gasteiger partial charge < -0.3 is 4.90 Å². The third-order valence-corrected chi connectivity index (χ3v) is 6.62. The average molecular weight is 445 g/mol.